The van der Waals surface area contributed by atoms with Crippen LogP contribution in [0.3, 0.4) is 0 Å². The molecule has 0 amide bonds. The summed E-state index contributed by atoms with van der Waals surface area (Å²) >= 11 is -2.59. The van der Waals surface area contributed by atoms with Gasteiger partial charge >= 0.3 is 11.4 Å². The van der Waals surface area contributed by atoms with Crippen molar-refractivity contribution < 1.29 is 33.0 Å². The zero-order chi connectivity index (χ0) is 10.0. The largest absolute Gasteiger partial charge is 0.394 e. The molecule has 0 aromatic heterocycles. The first-order chi connectivity index (χ1) is 6.06. The van der Waals surface area contributed by atoms with E-state index >= 15 is 0 Å². The highest BCUT2D eigenvalue weighted by atomic mass is 32.2. The predicted molar refractivity (Wildman–Crippen MR) is 39.6 cm³/mol. The van der Waals surface area contributed by atoms with Crippen LogP contribution in [-0.2, 0) is 20.3 Å². The quantitative estimate of drug-likeness (QED) is 0.386. The Hall–Kier alpha value is -0.0900. The summed E-state index contributed by atoms with van der Waals surface area (Å²) in [6.07, 6.45) is -5.15. The minimum atomic E-state index is -2.59. The van der Waals surface area contributed by atoms with Crippen molar-refractivity contribution in [2.45, 2.75) is 24.6 Å². The fourth-order valence-electron chi connectivity index (χ4n) is 1.03. The molecule has 0 saturated carbocycles. The zero-order valence-electron chi connectivity index (χ0n) is 6.44. The van der Waals surface area contributed by atoms with Gasteiger partial charge in [-0.3, -0.25) is 4.55 Å². The van der Waals surface area contributed by atoms with Crippen molar-refractivity contribution in [3.8, 4) is 0 Å². The molecule has 7 nitrogen and oxygen atoms in total. The van der Waals surface area contributed by atoms with Crippen LogP contribution in [0.1, 0.15) is 0 Å². The molecular weight excluding hydrogens is 204 g/mol. The van der Waals surface area contributed by atoms with Crippen LogP contribution in [0.15, 0.2) is 0 Å². The molecule has 1 rings (SSSR count). The first-order valence-corrected chi connectivity index (χ1v) is 4.50. The van der Waals surface area contributed by atoms with Crippen LogP contribution in [-0.4, -0.2) is 55.3 Å². The van der Waals surface area contributed by atoms with Crippen LogP contribution >= 0.6 is 0 Å². The fraction of sp³-hybridized carbons (Fsp3) is 1.00. The molecule has 0 aliphatic carbocycles. The van der Waals surface area contributed by atoms with Crippen LogP contribution in [0.2, 0.25) is 0 Å². The van der Waals surface area contributed by atoms with E-state index < -0.39 is 42.6 Å². The molecule has 5 atom stereocenters. The van der Waals surface area contributed by atoms with E-state index in [0.717, 1.165) is 0 Å². The van der Waals surface area contributed by atoms with Crippen LogP contribution < -0.4 is 0 Å². The van der Waals surface area contributed by atoms with Crippen molar-refractivity contribution in [2.75, 3.05) is 6.61 Å². The predicted octanol–water partition coefficient (Wildman–Crippen LogP) is -2.42. The Morgan fingerprint density at radius 2 is 2.00 bits per heavy atom. The van der Waals surface area contributed by atoms with Gasteiger partial charge in [0.15, 0.2) is 0 Å². The molecule has 4 N–H and O–H groups in total. The Labute approximate surface area is 76.4 Å². The maximum absolute atomic E-state index is 10.2. The van der Waals surface area contributed by atoms with Gasteiger partial charge in [0.1, 0.15) is 18.3 Å². The first kappa shape index (κ1) is 11.0. The van der Waals surface area contributed by atoms with Gasteiger partial charge in [-0.2, -0.15) is 4.21 Å². The molecular formula is C5H10O7S. The molecule has 78 valence electrons. The van der Waals surface area contributed by atoms with Crippen molar-refractivity contribution in [3.63, 3.8) is 0 Å². The van der Waals surface area contributed by atoms with E-state index in [1.165, 1.54) is 0 Å². The molecule has 1 unspecified atom stereocenters. The van der Waals surface area contributed by atoms with Crippen LogP contribution in [0.25, 0.3) is 0 Å². The van der Waals surface area contributed by atoms with Gasteiger partial charge in [-0.25, -0.2) is 4.18 Å². The van der Waals surface area contributed by atoms with Crippen LogP contribution in [0, 0.1) is 0 Å². The minimum absolute atomic E-state index is 0.504. The van der Waals surface area contributed by atoms with Crippen molar-refractivity contribution >= 4 is 11.4 Å². The van der Waals surface area contributed by atoms with Crippen molar-refractivity contribution in [1.82, 2.24) is 0 Å². The zero-order valence-corrected chi connectivity index (χ0v) is 7.25. The Balaban J connectivity index is 2.55. The van der Waals surface area contributed by atoms with E-state index in [2.05, 4.69) is 4.18 Å². The summed E-state index contributed by atoms with van der Waals surface area (Å²) in [7, 11) is 0. The highest BCUT2D eigenvalue weighted by molar-refractivity contribution is 7.74. The smallest absolute Gasteiger partial charge is 0.304 e. The highest BCUT2D eigenvalue weighted by Gasteiger charge is 2.44. The Kier molecular flexibility index (Phi) is 3.74. The Morgan fingerprint density at radius 3 is 2.38 bits per heavy atom. The third-order valence-corrected chi connectivity index (χ3v) is 2.03. The standard InChI is InChI=1S/C5H10O7S/c6-1-2-3(7)4(8)5(11-2)12-13(9)10/h2-8H,1H2,(H,9,10)/t2-,3-,4-,5+/m1/s1. The first-order valence-electron chi connectivity index (χ1n) is 3.46. The van der Waals surface area contributed by atoms with E-state index in [0.29, 0.717) is 0 Å². The summed E-state index contributed by atoms with van der Waals surface area (Å²) in [4.78, 5) is 0. The molecule has 0 radical (unpaired) electrons. The van der Waals surface area contributed by atoms with Gasteiger partial charge in [-0.1, -0.05) is 0 Å². The monoisotopic (exact) mass is 214 g/mol. The van der Waals surface area contributed by atoms with Crippen molar-refractivity contribution in [2.24, 2.45) is 0 Å². The molecule has 1 aliphatic heterocycles. The number of hydrogen-bond donors (Lipinski definition) is 4. The average Bonchev–Trinajstić information content (AvgIpc) is 2.32. The molecule has 0 aromatic rings. The fourth-order valence-corrected chi connectivity index (χ4v) is 1.35. The lowest BCUT2D eigenvalue weighted by Gasteiger charge is -2.11. The summed E-state index contributed by atoms with van der Waals surface area (Å²) in [6.45, 7) is -0.504. The number of ether oxygens (including phenoxy) is 1. The topological polar surface area (TPSA) is 116 Å². The van der Waals surface area contributed by atoms with Crippen LogP contribution in [0.5, 0.6) is 0 Å². The van der Waals surface area contributed by atoms with E-state index in [4.69, 9.17) is 24.6 Å². The second-order valence-corrected chi connectivity index (χ2v) is 3.15. The summed E-state index contributed by atoms with van der Waals surface area (Å²) in [5, 5.41) is 26.9. The third-order valence-electron chi connectivity index (χ3n) is 1.68. The lowest BCUT2D eigenvalue weighted by molar-refractivity contribution is -0.113. The number of aliphatic hydroxyl groups is 3. The van der Waals surface area contributed by atoms with Gasteiger partial charge < -0.3 is 20.1 Å². The number of hydrogen-bond acceptors (Lipinski definition) is 6. The molecule has 1 heterocycles. The molecule has 1 saturated heterocycles. The summed E-state index contributed by atoms with van der Waals surface area (Å²) in [6, 6.07) is 0. The van der Waals surface area contributed by atoms with Crippen LogP contribution in [0.4, 0.5) is 0 Å². The third kappa shape index (κ3) is 2.44. The average molecular weight is 214 g/mol. The van der Waals surface area contributed by atoms with E-state index in [1.54, 1.807) is 0 Å². The summed E-state index contributed by atoms with van der Waals surface area (Å²) < 4.78 is 27.4. The van der Waals surface area contributed by atoms with E-state index in [-0.39, 0.29) is 0 Å². The lowest BCUT2D eigenvalue weighted by atomic mass is 10.1. The van der Waals surface area contributed by atoms with E-state index in [9.17, 15) is 4.21 Å². The molecule has 0 aromatic carbocycles. The van der Waals surface area contributed by atoms with Gasteiger partial charge in [0.05, 0.1) is 6.61 Å². The molecule has 0 bridgehead atoms. The van der Waals surface area contributed by atoms with Gasteiger partial charge in [0.25, 0.3) is 0 Å². The van der Waals surface area contributed by atoms with Gasteiger partial charge in [0, 0.05) is 0 Å². The van der Waals surface area contributed by atoms with Crippen molar-refractivity contribution in [3.05, 3.63) is 0 Å². The molecule has 8 heteroatoms. The number of rotatable bonds is 3. The maximum atomic E-state index is 10.2. The molecule has 13 heavy (non-hydrogen) atoms. The Morgan fingerprint density at radius 1 is 1.38 bits per heavy atom. The summed E-state index contributed by atoms with van der Waals surface area (Å²) in [5.41, 5.74) is 0. The van der Waals surface area contributed by atoms with Gasteiger partial charge in [0.2, 0.25) is 6.29 Å². The highest BCUT2D eigenvalue weighted by Crippen LogP contribution is 2.22. The SMILES string of the molecule is O=S(O)O[C@@H]1O[C@H](CO)[C@@H](O)[C@H]1O. The van der Waals surface area contributed by atoms with E-state index in [1.807, 2.05) is 0 Å². The molecule has 0 spiro atoms. The minimum Gasteiger partial charge on any atom is -0.394 e. The Bertz CT molecular complexity index is 197. The maximum Gasteiger partial charge on any atom is 0.304 e. The summed E-state index contributed by atoms with van der Waals surface area (Å²) in [5.74, 6) is 0. The van der Waals surface area contributed by atoms with Gasteiger partial charge in [-0.05, 0) is 0 Å². The second kappa shape index (κ2) is 4.42. The number of aliphatic hydroxyl groups excluding tert-OH is 3. The van der Waals surface area contributed by atoms with Crippen molar-refractivity contribution in [1.29, 1.82) is 0 Å². The molecule has 1 aliphatic rings. The second-order valence-electron chi connectivity index (χ2n) is 2.52. The van der Waals surface area contributed by atoms with Gasteiger partial charge in [-0.15, -0.1) is 0 Å². The molecule has 1 fully saturated rings. The lowest BCUT2D eigenvalue weighted by Crippen LogP contribution is -2.34. The normalized spacial score (nSPS) is 42.2.